The molecule has 0 radical (unpaired) electrons. The number of carbonyl (C=O) groups excluding carboxylic acids is 1. The molecule has 22 heavy (non-hydrogen) atoms. The van der Waals surface area contributed by atoms with E-state index in [2.05, 4.69) is 5.32 Å². The number of nitrogens with two attached hydrogens (primary N) is 1. The first-order chi connectivity index (χ1) is 10.3. The van der Waals surface area contributed by atoms with Gasteiger partial charge in [0.15, 0.2) is 0 Å². The third-order valence-corrected chi connectivity index (χ3v) is 3.31. The van der Waals surface area contributed by atoms with Gasteiger partial charge in [-0.25, -0.2) is 4.79 Å². The van der Waals surface area contributed by atoms with E-state index in [1.54, 1.807) is 0 Å². The molecule has 0 saturated carbocycles. The Morgan fingerprint density at radius 1 is 1.23 bits per heavy atom. The standard InChI is InChI=1S/C16H24N2O4/c1-10(2)8-13(16(21)22)18-15(20)14(19)12(17)9-11-6-4-3-5-7-11/h3-7,10,12-14,19H,8-9,17H2,1-2H3,(H,18,20)(H,21,22)/t12-,13+,14-/m0/s1. The molecule has 0 aromatic heterocycles. The number of carboxylic acids is 1. The zero-order valence-electron chi connectivity index (χ0n) is 12.9. The Morgan fingerprint density at radius 2 is 1.82 bits per heavy atom. The minimum atomic E-state index is -1.45. The van der Waals surface area contributed by atoms with Crippen molar-refractivity contribution in [3.05, 3.63) is 35.9 Å². The van der Waals surface area contributed by atoms with Gasteiger partial charge in [0, 0.05) is 6.04 Å². The molecule has 6 nitrogen and oxygen atoms in total. The highest BCUT2D eigenvalue weighted by Crippen LogP contribution is 2.08. The van der Waals surface area contributed by atoms with Crippen molar-refractivity contribution in [2.45, 2.75) is 44.9 Å². The van der Waals surface area contributed by atoms with Gasteiger partial charge in [-0.1, -0.05) is 44.2 Å². The molecule has 0 heterocycles. The molecule has 0 unspecified atom stereocenters. The van der Waals surface area contributed by atoms with Crippen molar-refractivity contribution in [1.82, 2.24) is 5.32 Å². The summed E-state index contributed by atoms with van der Waals surface area (Å²) in [5.74, 6) is -1.76. The van der Waals surface area contributed by atoms with E-state index in [0.29, 0.717) is 12.8 Å². The topological polar surface area (TPSA) is 113 Å². The van der Waals surface area contributed by atoms with Crippen LogP contribution in [0.25, 0.3) is 0 Å². The Labute approximate surface area is 130 Å². The second-order valence-corrected chi connectivity index (χ2v) is 5.83. The minimum Gasteiger partial charge on any atom is -0.480 e. The summed E-state index contributed by atoms with van der Waals surface area (Å²) < 4.78 is 0. The maximum absolute atomic E-state index is 12.0. The maximum Gasteiger partial charge on any atom is 0.326 e. The molecule has 122 valence electrons. The van der Waals surface area contributed by atoms with Crippen LogP contribution < -0.4 is 11.1 Å². The summed E-state index contributed by atoms with van der Waals surface area (Å²) in [6.45, 7) is 3.72. The molecule has 0 aliphatic heterocycles. The summed E-state index contributed by atoms with van der Waals surface area (Å²) in [6, 6.07) is 7.44. The van der Waals surface area contributed by atoms with Crippen LogP contribution in [0.5, 0.6) is 0 Å². The van der Waals surface area contributed by atoms with Crippen LogP contribution >= 0.6 is 0 Å². The fourth-order valence-electron chi connectivity index (χ4n) is 2.14. The lowest BCUT2D eigenvalue weighted by molar-refractivity contribution is -0.144. The third-order valence-electron chi connectivity index (χ3n) is 3.31. The fraction of sp³-hybridized carbons (Fsp3) is 0.500. The molecule has 1 aromatic rings. The number of aliphatic hydroxyl groups excluding tert-OH is 1. The van der Waals surface area contributed by atoms with Crippen LogP contribution in [0, 0.1) is 5.92 Å². The molecule has 1 amide bonds. The van der Waals surface area contributed by atoms with Crippen LogP contribution in [0.3, 0.4) is 0 Å². The van der Waals surface area contributed by atoms with Gasteiger partial charge in [0.2, 0.25) is 0 Å². The summed E-state index contributed by atoms with van der Waals surface area (Å²) in [6.07, 6.45) is -0.826. The highest BCUT2D eigenvalue weighted by molar-refractivity contribution is 5.86. The number of hydrogen-bond acceptors (Lipinski definition) is 4. The number of carbonyl (C=O) groups is 2. The Morgan fingerprint density at radius 3 is 2.32 bits per heavy atom. The Hall–Kier alpha value is -1.92. The van der Waals surface area contributed by atoms with Crippen LogP contribution in [-0.2, 0) is 16.0 Å². The van der Waals surface area contributed by atoms with E-state index >= 15 is 0 Å². The van der Waals surface area contributed by atoms with Crippen molar-refractivity contribution in [2.24, 2.45) is 11.7 Å². The van der Waals surface area contributed by atoms with Crippen LogP contribution in [0.4, 0.5) is 0 Å². The van der Waals surface area contributed by atoms with Crippen LogP contribution in [0.1, 0.15) is 25.8 Å². The van der Waals surface area contributed by atoms with Crippen molar-refractivity contribution < 1.29 is 19.8 Å². The molecule has 0 aliphatic carbocycles. The molecule has 6 heteroatoms. The molecule has 0 aliphatic rings. The maximum atomic E-state index is 12.0. The highest BCUT2D eigenvalue weighted by Gasteiger charge is 2.28. The first-order valence-corrected chi connectivity index (χ1v) is 7.32. The van der Waals surface area contributed by atoms with Gasteiger partial charge in [-0.2, -0.15) is 0 Å². The van der Waals surface area contributed by atoms with E-state index in [1.165, 1.54) is 0 Å². The Kier molecular flexibility index (Phi) is 7.01. The number of aliphatic carboxylic acids is 1. The van der Waals surface area contributed by atoms with Crippen molar-refractivity contribution in [3.63, 3.8) is 0 Å². The van der Waals surface area contributed by atoms with Crippen molar-refractivity contribution >= 4 is 11.9 Å². The minimum absolute atomic E-state index is 0.108. The largest absolute Gasteiger partial charge is 0.480 e. The SMILES string of the molecule is CC(C)C[C@@H](NC(=O)[C@@H](O)[C@@H](N)Cc1ccccc1)C(=O)O. The lowest BCUT2D eigenvalue weighted by Gasteiger charge is -2.22. The van der Waals surface area contributed by atoms with E-state index in [9.17, 15) is 14.7 Å². The molecular formula is C16H24N2O4. The summed E-state index contributed by atoms with van der Waals surface area (Å²) in [5, 5.41) is 21.4. The first kappa shape index (κ1) is 18.1. The van der Waals surface area contributed by atoms with E-state index < -0.39 is 30.1 Å². The summed E-state index contributed by atoms with van der Waals surface area (Å²) in [4.78, 5) is 23.1. The molecule has 0 spiro atoms. The summed E-state index contributed by atoms with van der Waals surface area (Å²) >= 11 is 0. The number of benzene rings is 1. The van der Waals surface area contributed by atoms with Crippen LogP contribution in [0.2, 0.25) is 0 Å². The van der Waals surface area contributed by atoms with Gasteiger partial charge in [-0.05, 0) is 24.3 Å². The van der Waals surface area contributed by atoms with E-state index in [-0.39, 0.29) is 5.92 Å². The van der Waals surface area contributed by atoms with Crippen LogP contribution in [0.15, 0.2) is 30.3 Å². The normalized spacial score (nSPS) is 15.1. The predicted molar refractivity (Wildman–Crippen MR) is 83.1 cm³/mol. The average molecular weight is 308 g/mol. The summed E-state index contributed by atoms with van der Waals surface area (Å²) in [7, 11) is 0. The van der Waals surface area contributed by atoms with Gasteiger partial charge < -0.3 is 21.3 Å². The second kappa shape index (κ2) is 8.51. The van der Waals surface area contributed by atoms with Gasteiger partial charge in [-0.3, -0.25) is 4.79 Å². The number of rotatable bonds is 8. The number of aliphatic hydroxyl groups is 1. The van der Waals surface area contributed by atoms with Gasteiger partial charge in [0.25, 0.3) is 5.91 Å². The molecule has 5 N–H and O–H groups in total. The van der Waals surface area contributed by atoms with Crippen molar-refractivity contribution in [3.8, 4) is 0 Å². The number of nitrogens with one attached hydrogen (secondary N) is 1. The fourth-order valence-corrected chi connectivity index (χ4v) is 2.14. The van der Waals surface area contributed by atoms with Gasteiger partial charge in [0.1, 0.15) is 12.1 Å². The lowest BCUT2D eigenvalue weighted by Crippen LogP contribution is -2.52. The zero-order chi connectivity index (χ0) is 16.7. The molecular weight excluding hydrogens is 284 g/mol. The smallest absolute Gasteiger partial charge is 0.326 e. The van der Waals surface area contributed by atoms with E-state index in [4.69, 9.17) is 10.8 Å². The first-order valence-electron chi connectivity index (χ1n) is 7.32. The van der Waals surface area contributed by atoms with Gasteiger partial charge in [-0.15, -0.1) is 0 Å². The molecule has 3 atom stereocenters. The Bertz CT molecular complexity index is 490. The molecule has 0 fully saturated rings. The quantitative estimate of drug-likeness (QED) is 0.559. The predicted octanol–water partition coefficient (Wildman–Crippen LogP) is 0.533. The summed E-state index contributed by atoms with van der Waals surface area (Å²) in [5.41, 5.74) is 6.75. The molecule has 0 bridgehead atoms. The third kappa shape index (κ3) is 5.83. The van der Waals surface area contributed by atoms with Crippen molar-refractivity contribution in [2.75, 3.05) is 0 Å². The van der Waals surface area contributed by atoms with Gasteiger partial charge in [0.05, 0.1) is 0 Å². The number of carboxylic acid groups (broad SMARTS) is 1. The second-order valence-electron chi connectivity index (χ2n) is 5.83. The zero-order valence-corrected chi connectivity index (χ0v) is 12.9. The number of hydrogen-bond donors (Lipinski definition) is 4. The average Bonchev–Trinajstić information content (AvgIpc) is 2.46. The molecule has 1 aromatic carbocycles. The van der Waals surface area contributed by atoms with Crippen molar-refractivity contribution in [1.29, 1.82) is 0 Å². The Balaban J connectivity index is 2.61. The lowest BCUT2D eigenvalue weighted by atomic mass is 10.00. The van der Waals surface area contributed by atoms with E-state index in [0.717, 1.165) is 5.56 Å². The monoisotopic (exact) mass is 308 g/mol. The highest BCUT2D eigenvalue weighted by atomic mass is 16.4. The van der Waals surface area contributed by atoms with E-state index in [1.807, 2.05) is 44.2 Å². The molecule has 0 saturated heterocycles. The van der Waals surface area contributed by atoms with Gasteiger partial charge >= 0.3 is 5.97 Å². The van der Waals surface area contributed by atoms with Crippen LogP contribution in [-0.4, -0.2) is 40.3 Å². The molecule has 1 rings (SSSR count). The number of amides is 1.